The number of ether oxygens (including phenoxy) is 1. The largest absolute Gasteiger partial charge is 0.493 e. The number of para-hydroxylation sites is 1. The first-order chi connectivity index (χ1) is 20.9. The van der Waals surface area contributed by atoms with E-state index in [-0.39, 0.29) is 31.6 Å². The first kappa shape index (κ1) is 33.3. The minimum Gasteiger partial charge on any atom is -0.493 e. The van der Waals surface area contributed by atoms with Crippen LogP contribution in [0.4, 0.5) is 0 Å². The van der Waals surface area contributed by atoms with Gasteiger partial charge in [-0.25, -0.2) is 0 Å². The summed E-state index contributed by atoms with van der Waals surface area (Å²) in [6.07, 6.45) is 7.37. The van der Waals surface area contributed by atoms with Gasteiger partial charge in [0.2, 0.25) is 11.8 Å². The molecule has 232 valence electrons. The predicted molar refractivity (Wildman–Crippen MR) is 164 cm³/mol. The second kappa shape index (κ2) is 18.4. The van der Waals surface area contributed by atoms with E-state index in [4.69, 9.17) is 10.5 Å². The number of aliphatic carboxylic acids is 1. The molecule has 5 N–H and O–H groups in total. The highest BCUT2D eigenvalue weighted by atomic mass is 16.5. The van der Waals surface area contributed by atoms with Crippen molar-refractivity contribution in [3.05, 3.63) is 78.1 Å². The number of fused-ring (bicyclic) bond motifs is 2. The molecule has 1 aromatic carbocycles. The molecule has 2 aromatic rings. The quantitative estimate of drug-likeness (QED) is 0.260. The molecule has 43 heavy (non-hydrogen) atoms. The van der Waals surface area contributed by atoms with Crippen molar-refractivity contribution in [3.63, 3.8) is 0 Å². The lowest BCUT2D eigenvalue weighted by Gasteiger charge is -2.22. The van der Waals surface area contributed by atoms with Crippen LogP contribution in [0.3, 0.4) is 0 Å². The number of carbonyl (C=O) groups is 4. The summed E-state index contributed by atoms with van der Waals surface area (Å²) < 4.78 is 7.83. The Morgan fingerprint density at radius 2 is 1.84 bits per heavy atom. The van der Waals surface area contributed by atoms with Crippen LogP contribution in [-0.4, -0.2) is 59.0 Å². The monoisotopic (exact) mass is 592 g/mol. The number of nitrogens with two attached hydrogens (primary N) is 1. The zero-order valence-corrected chi connectivity index (χ0v) is 24.7. The van der Waals surface area contributed by atoms with Crippen molar-refractivity contribution in [1.82, 2.24) is 15.2 Å². The predicted octanol–water partition coefficient (Wildman–Crippen LogP) is 3.35. The van der Waals surface area contributed by atoms with E-state index in [1.54, 1.807) is 0 Å². The van der Waals surface area contributed by atoms with Crippen LogP contribution in [0, 0.1) is 5.92 Å². The van der Waals surface area contributed by atoms with Crippen LogP contribution in [0.1, 0.15) is 56.1 Å². The molecule has 1 aromatic heterocycles. The maximum absolute atomic E-state index is 13.5. The zero-order chi connectivity index (χ0) is 30.9. The number of ketones is 1. The van der Waals surface area contributed by atoms with E-state index in [1.165, 1.54) is 0 Å². The molecular formula is C33H44N4O6. The van der Waals surface area contributed by atoms with Crippen LogP contribution in [0.2, 0.25) is 0 Å². The van der Waals surface area contributed by atoms with Crippen molar-refractivity contribution in [1.29, 1.82) is 0 Å². The minimum atomic E-state index is -1.08. The minimum absolute atomic E-state index is 0.0276. The number of aryl methyl sites for hydroxylation is 2. The van der Waals surface area contributed by atoms with E-state index in [2.05, 4.69) is 10.6 Å². The molecule has 2 bridgehead atoms. The van der Waals surface area contributed by atoms with Crippen molar-refractivity contribution in [2.45, 2.75) is 70.4 Å². The molecule has 2 atom stereocenters. The van der Waals surface area contributed by atoms with Gasteiger partial charge < -0.3 is 30.8 Å². The number of rotatable bonds is 13. The Balaban J connectivity index is 1.74. The van der Waals surface area contributed by atoms with Gasteiger partial charge in [0.05, 0.1) is 13.0 Å². The molecule has 1 aliphatic rings. The molecule has 0 saturated heterocycles. The number of hydrogen-bond acceptors (Lipinski definition) is 6. The number of carboxylic acid groups (broad SMARTS) is 1. The van der Waals surface area contributed by atoms with Crippen molar-refractivity contribution in [2.24, 2.45) is 11.7 Å². The first-order valence-corrected chi connectivity index (χ1v) is 15.1. The lowest BCUT2D eigenvalue weighted by atomic mass is 9.94. The molecule has 0 saturated carbocycles. The number of aromatic nitrogens is 1. The third-order valence-electron chi connectivity index (χ3n) is 7.30. The van der Waals surface area contributed by atoms with Crippen LogP contribution in [-0.2, 0) is 38.6 Å². The number of unbranched alkanes of at least 4 members (excludes halogenated alkanes) is 1. The first-order valence-electron chi connectivity index (χ1n) is 15.1. The van der Waals surface area contributed by atoms with E-state index >= 15 is 0 Å². The maximum atomic E-state index is 13.5. The van der Waals surface area contributed by atoms with Crippen LogP contribution in [0.25, 0.3) is 0 Å². The Bertz CT molecular complexity index is 1280. The molecule has 0 fully saturated rings. The van der Waals surface area contributed by atoms with Crippen LogP contribution in [0.5, 0.6) is 5.75 Å². The molecule has 10 heteroatoms. The Morgan fingerprint density at radius 3 is 2.65 bits per heavy atom. The van der Waals surface area contributed by atoms with Gasteiger partial charge in [0.1, 0.15) is 17.6 Å². The number of benzene rings is 1. The summed E-state index contributed by atoms with van der Waals surface area (Å²) in [7, 11) is 0. The summed E-state index contributed by atoms with van der Waals surface area (Å²) in [5.74, 6) is -2.00. The summed E-state index contributed by atoms with van der Waals surface area (Å²) in [5, 5.41) is 15.2. The van der Waals surface area contributed by atoms with E-state index in [9.17, 15) is 24.3 Å². The second-order valence-electron chi connectivity index (χ2n) is 10.8. The third-order valence-corrected chi connectivity index (χ3v) is 7.30. The zero-order valence-electron chi connectivity index (χ0n) is 24.7. The van der Waals surface area contributed by atoms with E-state index in [1.807, 2.05) is 71.6 Å². The van der Waals surface area contributed by atoms with Crippen LogP contribution in [0.15, 0.2) is 67.0 Å². The van der Waals surface area contributed by atoms with Gasteiger partial charge >= 0.3 is 5.97 Å². The third kappa shape index (κ3) is 12.3. The summed E-state index contributed by atoms with van der Waals surface area (Å²) in [4.78, 5) is 50.7. The molecular weight excluding hydrogens is 548 g/mol. The van der Waals surface area contributed by atoms with Crippen LogP contribution >= 0.6 is 0 Å². The van der Waals surface area contributed by atoms with Gasteiger partial charge in [0.15, 0.2) is 0 Å². The highest BCUT2D eigenvalue weighted by Gasteiger charge is 2.27. The van der Waals surface area contributed by atoms with Gasteiger partial charge in [-0.1, -0.05) is 42.5 Å². The fourth-order valence-electron chi connectivity index (χ4n) is 4.94. The Kier molecular flexibility index (Phi) is 14.2. The molecule has 0 aliphatic carbocycles. The topological polar surface area (TPSA) is 153 Å². The van der Waals surface area contributed by atoms with Crippen molar-refractivity contribution in [2.75, 3.05) is 19.7 Å². The van der Waals surface area contributed by atoms with Crippen molar-refractivity contribution < 1.29 is 29.0 Å². The van der Waals surface area contributed by atoms with Gasteiger partial charge in [0, 0.05) is 50.7 Å². The van der Waals surface area contributed by atoms with Gasteiger partial charge in [-0.2, -0.15) is 0 Å². The Labute approximate surface area is 253 Å². The molecule has 0 radical (unpaired) electrons. The lowest BCUT2D eigenvalue weighted by Crippen LogP contribution is -2.50. The second-order valence-corrected chi connectivity index (χ2v) is 10.8. The standard InChI is InChI=1S/C33H44N4O6/c34-17-6-8-21-43-30-14-5-4-11-26(30)12-9-13-27(23-31(39)40)32(41)36-29-22-25-10-3-1-2-7-19-37(24-25)20-16-28(38)15-18-35-33(29)42/h1-5,7,10-11,14,19,24,27,29H,6,8-9,12-13,15-18,20-23,34H2,(H,35,42)(H,36,41)(H,39,40)/t27-,29?/m1/s1. The molecule has 0 spiro atoms. The fraction of sp³-hybridized carbons (Fsp3) is 0.455. The van der Waals surface area contributed by atoms with E-state index in [0.717, 1.165) is 29.7 Å². The Morgan fingerprint density at radius 1 is 1.05 bits per heavy atom. The number of amides is 2. The van der Waals surface area contributed by atoms with Gasteiger partial charge in [-0.3, -0.25) is 19.2 Å². The number of Topliss-reactive ketones (excluding diaryl/α,β-unsaturated/α-hetero) is 1. The summed E-state index contributed by atoms with van der Waals surface area (Å²) >= 11 is 0. The maximum Gasteiger partial charge on any atom is 0.304 e. The highest BCUT2D eigenvalue weighted by Crippen LogP contribution is 2.23. The SMILES string of the molecule is NCCCCOc1ccccc1CCC[C@H](CC(=O)O)C(=O)NC1Cc2ccccccn(c2)CCC(=O)CCNC1=O. The molecule has 3 rings (SSSR count). The van der Waals surface area contributed by atoms with E-state index < -0.39 is 29.7 Å². The molecule has 1 unspecified atom stereocenters. The number of carbonyl (C=O) groups excluding carboxylic acids is 3. The summed E-state index contributed by atoms with van der Waals surface area (Å²) in [6.45, 7) is 1.84. The molecule has 2 heterocycles. The van der Waals surface area contributed by atoms with Gasteiger partial charge in [-0.05, 0) is 61.9 Å². The molecule has 2 amide bonds. The normalized spacial score (nSPS) is 16.1. The smallest absolute Gasteiger partial charge is 0.304 e. The van der Waals surface area contributed by atoms with E-state index in [0.29, 0.717) is 45.4 Å². The summed E-state index contributed by atoms with van der Waals surface area (Å²) in [6, 6.07) is 16.1. The number of hydrogen-bond donors (Lipinski definition) is 4. The number of nitrogens with zero attached hydrogens (tertiary/aromatic N) is 1. The highest BCUT2D eigenvalue weighted by molar-refractivity contribution is 5.90. The average molecular weight is 593 g/mol. The van der Waals surface area contributed by atoms with Crippen molar-refractivity contribution >= 4 is 23.6 Å². The van der Waals surface area contributed by atoms with Crippen LogP contribution < -0.4 is 21.1 Å². The van der Waals surface area contributed by atoms with Gasteiger partial charge in [0.25, 0.3) is 0 Å². The lowest BCUT2D eigenvalue weighted by molar-refractivity contribution is -0.141. The summed E-state index contributed by atoms with van der Waals surface area (Å²) in [5.41, 5.74) is 7.34. The average Bonchev–Trinajstić information content (AvgIpc) is 3.09. The van der Waals surface area contributed by atoms with Crippen molar-refractivity contribution in [3.8, 4) is 5.75 Å². The van der Waals surface area contributed by atoms with Gasteiger partial charge in [-0.15, -0.1) is 0 Å². The number of nitrogens with one attached hydrogen (secondary N) is 2. The fourth-order valence-corrected chi connectivity index (χ4v) is 4.94. The molecule has 1 aliphatic heterocycles. The number of carboxylic acids is 1. The Hall–Kier alpha value is -4.18. The molecule has 10 nitrogen and oxygen atoms in total.